The lowest BCUT2D eigenvalue weighted by atomic mass is 9.96. The molecule has 133 heavy (non-hydrogen) atoms. The molecule has 0 aliphatic rings. The maximum absolute atomic E-state index is 14.4. The second-order valence-electron chi connectivity index (χ2n) is 31.5. The van der Waals surface area contributed by atoms with E-state index in [0.717, 1.165) is 138 Å². The average molecular weight is 1730 g/mol. The van der Waals surface area contributed by atoms with Crippen LogP contribution in [-0.4, -0.2) is 64.8 Å². The Balaban J connectivity index is 0.000000121. The smallest absolute Gasteiger partial charge is 0.200 e. The van der Waals surface area contributed by atoms with E-state index in [2.05, 4.69) is 141 Å². The van der Waals surface area contributed by atoms with Crippen LogP contribution in [0.1, 0.15) is 0 Å². The van der Waals surface area contributed by atoms with Crippen LogP contribution in [0.15, 0.2) is 425 Å². The minimum absolute atomic E-state index is 0.139. The molecule has 0 amide bonds. The Morgan fingerprint density at radius 2 is 0.436 bits per heavy atom. The van der Waals surface area contributed by atoms with Crippen LogP contribution in [0.3, 0.4) is 0 Å². The molecule has 0 atom stereocenters. The van der Waals surface area contributed by atoms with Gasteiger partial charge in [-0.25, -0.2) is 66.8 Å². The maximum Gasteiger partial charge on any atom is 0.200 e. The van der Waals surface area contributed by atoms with Gasteiger partial charge in [-0.3, -0.25) is 19.9 Å². The Kier molecular flexibility index (Phi) is 22.5. The fourth-order valence-electron chi connectivity index (χ4n) is 16.6. The van der Waals surface area contributed by atoms with Crippen molar-refractivity contribution >= 4 is 53.9 Å². The van der Waals surface area contributed by atoms with Gasteiger partial charge in [0.15, 0.2) is 75.7 Å². The number of aromatic nitrogens is 13. The van der Waals surface area contributed by atoms with Crippen LogP contribution < -0.4 is 0 Å². The van der Waals surface area contributed by atoms with Crippen molar-refractivity contribution in [2.75, 3.05) is 0 Å². The van der Waals surface area contributed by atoms with Gasteiger partial charge < -0.3 is 0 Å². The Bertz CT molecular complexity index is 8050. The first-order chi connectivity index (χ1) is 65.5. The van der Waals surface area contributed by atoms with E-state index in [0.29, 0.717) is 58.0 Å². The maximum atomic E-state index is 14.4. The Labute approximate surface area is 760 Å². The molecule has 0 saturated heterocycles. The summed E-state index contributed by atoms with van der Waals surface area (Å²) in [4.78, 5) is 63.5. The molecule has 7 heterocycles. The second-order valence-corrected chi connectivity index (χ2v) is 31.5. The highest BCUT2D eigenvalue weighted by Crippen LogP contribution is 2.42. The first kappa shape index (κ1) is 82.1. The van der Waals surface area contributed by atoms with Crippen molar-refractivity contribution in [3.63, 3.8) is 0 Å². The van der Waals surface area contributed by atoms with Crippen molar-refractivity contribution in [1.29, 1.82) is 0 Å². The number of hydrogen-bond acceptors (Lipinski definition) is 13. The number of pyridine rings is 4. The molecule has 0 saturated carbocycles. The van der Waals surface area contributed by atoms with Crippen molar-refractivity contribution in [1.82, 2.24) is 64.8 Å². The minimum atomic E-state index is -2.19. The summed E-state index contributed by atoms with van der Waals surface area (Å²) in [5.74, 6) is -4.75. The van der Waals surface area contributed by atoms with E-state index >= 15 is 0 Å². The monoisotopic (exact) mass is 1730 g/mol. The molecule has 630 valence electrons. The van der Waals surface area contributed by atoms with E-state index in [1.807, 2.05) is 267 Å². The Hall–Kier alpha value is -17.9. The van der Waals surface area contributed by atoms with Crippen LogP contribution in [0.4, 0.5) is 22.0 Å². The third-order valence-corrected chi connectivity index (χ3v) is 23.1. The predicted molar refractivity (Wildman–Crippen MR) is 520 cm³/mol. The van der Waals surface area contributed by atoms with Crippen LogP contribution in [0.2, 0.25) is 0 Å². The summed E-state index contributed by atoms with van der Waals surface area (Å²) in [5, 5.41) is 11.0. The normalized spacial score (nSPS) is 11.2. The lowest BCUT2D eigenvalue weighted by molar-refractivity contribution is 0.381. The Morgan fingerprint density at radius 3 is 0.872 bits per heavy atom. The number of rotatable bonds is 15. The van der Waals surface area contributed by atoms with E-state index < -0.39 is 34.6 Å². The summed E-state index contributed by atoms with van der Waals surface area (Å²) < 4.78 is 70.0. The fraction of sp³-hybridized carbons (Fsp3) is 0. The first-order valence-electron chi connectivity index (χ1n) is 42.9. The molecule has 0 N–H and O–H groups in total. The van der Waals surface area contributed by atoms with Crippen molar-refractivity contribution in [3.05, 3.63) is 454 Å². The summed E-state index contributed by atoms with van der Waals surface area (Å²) >= 11 is 0. The summed E-state index contributed by atoms with van der Waals surface area (Å²) in [6, 6.07) is 131. The van der Waals surface area contributed by atoms with E-state index in [1.54, 1.807) is 24.5 Å². The van der Waals surface area contributed by atoms with Crippen LogP contribution in [0.25, 0.3) is 224 Å². The van der Waals surface area contributed by atoms with Gasteiger partial charge in [-0.2, -0.15) is 0 Å². The molecule has 13 nitrogen and oxygen atoms in total. The van der Waals surface area contributed by atoms with Crippen molar-refractivity contribution in [3.8, 4) is 170 Å². The lowest BCUT2D eigenvalue weighted by Gasteiger charge is -2.13. The van der Waals surface area contributed by atoms with Gasteiger partial charge in [-0.1, -0.05) is 303 Å². The number of halogens is 5. The van der Waals surface area contributed by atoms with Gasteiger partial charge in [0.05, 0.1) is 28.3 Å². The molecule has 0 spiro atoms. The second kappa shape index (κ2) is 36.5. The van der Waals surface area contributed by atoms with Gasteiger partial charge in [0.2, 0.25) is 5.82 Å². The number of nitrogens with zero attached hydrogens (tertiary/aromatic N) is 13. The topological polar surface area (TPSA) is 168 Å². The zero-order valence-electron chi connectivity index (χ0n) is 70.6. The molecule has 0 aliphatic carbocycles. The molecular weight excluding hydrogens is 1660 g/mol. The van der Waals surface area contributed by atoms with Gasteiger partial charge in [-0.15, -0.1) is 0 Å². The first-order valence-corrected chi connectivity index (χ1v) is 42.9. The van der Waals surface area contributed by atoms with Crippen molar-refractivity contribution in [2.45, 2.75) is 0 Å². The molecule has 0 bridgehead atoms. The molecule has 0 fully saturated rings. The molecule has 0 unspecified atom stereocenters. The quantitative estimate of drug-likeness (QED) is 0.0412. The van der Waals surface area contributed by atoms with E-state index in [1.165, 1.54) is 28.3 Å². The van der Waals surface area contributed by atoms with Gasteiger partial charge in [0, 0.05) is 97.1 Å². The molecule has 16 aromatic carbocycles. The van der Waals surface area contributed by atoms with Gasteiger partial charge in [-0.05, 0) is 168 Å². The SMILES string of the molecule is Fc1c(F)c(F)c(-c2ccc(-c3ccc(-c4nc(-c5cccc6ccccc56)nc(-c5cccc6ccccc56)n4)cc3)cc2)c(F)c1F.c1ccc(-c2nc(-c3cc(-c4ccccn4)cc(-c4ccccn4)c3)nc(-c3cc4ccccc4c4ccccc34)n2)cc1.c1ccc(-c2nc(-c3cc(-c4ccccn4)cc(-c4ccccn4)c3)nc(-c3ccc4ccccc4c3)n2)cc1. The number of benzene rings is 16. The van der Waals surface area contributed by atoms with E-state index in [9.17, 15) is 22.0 Å². The minimum Gasteiger partial charge on any atom is -0.256 e. The van der Waals surface area contributed by atoms with Gasteiger partial charge in [0.1, 0.15) is 0 Å². The molecule has 18 heteroatoms. The molecule has 23 rings (SSSR count). The fourth-order valence-corrected chi connectivity index (χ4v) is 16.6. The third kappa shape index (κ3) is 17.0. The highest BCUT2D eigenvalue weighted by atomic mass is 19.2. The third-order valence-electron chi connectivity index (χ3n) is 23.1. The average Bonchev–Trinajstić information content (AvgIpc) is 0.736. The van der Waals surface area contributed by atoms with E-state index in [4.69, 9.17) is 44.9 Å². The highest BCUT2D eigenvalue weighted by molar-refractivity contribution is 6.13. The van der Waals surface area contributed by atoms with Crippen LogP contribution >= 0.6 is 0 Å². The van der Waals surface area contributed by atoms with Crippen LogP contribution in [0, 0.1) is 29.1 Å². The van der Waals surface area contributed by atoms with Gasteiger partial charge >= 0.3 is 0 Å². The highest BCUT2D eigenvalue weighted by Gasteiger charge is 2.28. The number of fused-ring (bicyclic) bond motifs is 6. The zero-order valence-corrected chi connectivity index (χ0v) is 70.6. The van der Waals surface area contributed by atoms with Gasteiger partial charge in [0.25, 0.3) is 0 Å². The summed E-state index contributed by atoms with van der Waals surface area (Å²) in [6.07, 6.45) is 7.22. The Morgan fingerprint density at radius 1 is 0.143 bits per heavy atom. The molecule has 7 aromatic heterocycles. The number of hydrogen-bond donors (Lipinski definition) is 0. The van der Waals surface area contributed by atoms with Crippen LogP contribution in [0.5, 0.6) is 0 Å². The predicted octanol–water partition coefficient (Wildman–Crippen LogP) is 28.7. The van der Waals surface area contributed by atoms with Crippen molar-refractivity contribution in [2.24, 2.45) is 0 Å². The standard InChI is InChI=1S/C41H22F5N3.C39H25N5.C35H23N5/c42-34-33(35(43)37(45)38(46)36(34)44)27-19-15-23(16-20-27)24-17-21-28(22-18-24)39-47-40(31-13-5-9-25-7-1-3-11-29(25)31)49-41(48-39)32-14-6-10-26-8-2-4-12-30(26)32;1-2-12-26(13-3-1)37-42-38(30-23-28(35-18-8-10-20-40-35)22-29(24-30)36-19-9-11-21-41-36)44-39(43-37)34-25-27-14-4-5-15-31(27)32-16-6-7-17-33(32)34;1-2-11-25(12-3-1)33-38-34(27-17-16-24-10-4-5-13-26(24)20-27)40-35(39-33)30-22-28(31-14-6-8-18-36-31)21-29(23-30)32-15-7-9-19-37-32/h1-22H;1-25H;1-23H. The zero-order chi connectivity index (χ0) is 89.7. The van der Waals surface area contributed by atoms with E-state index in [-0.39, 0.29) is 5.56 Å². The molecule has 0 radical (unpaired) electrons. The summed E-state index contributed by atoms with van der Waals surface area (Å²) in [5.41, 5.74) is 15.6. The lowest BCUT2D eigenvalue weighted by Crippen LogP contribution is -2.03. The molecule has 23 aromatic rings. The van der Waals surface area contributed by atoms with Crippen LogP contribution in [-0.2, 0) is 0 Å². The summed E-state index contributed by atoms with van der Waals surface area (Å²) in [6.45, 7) is 0. The van der Waals surface area contributed by atoms with Crippen molar-refractivity contribution < 1.29 is 22.0 Å². The molecule has 0 aliphatic heterocycles. The summed E-state index contributed by atoms with van der Waals surface area (Å²) in [7, 11) is 0. The molecular formula is C115H70F5N13. The largest absolute Gasteiger partial charge is 0.256 e.